The van der Waals surface area contributed by atoms with Gasteiger partial charge in [-0.2, -0.15) is 0 Å². The number of phenolic OH excluding ortho intramolecular Hbond substituents is 1. The third kappa shape index (κ3) is 6.88. The molecule has 328 valence electrons. The molecule has 0 radical (unpaired) electrons. The molecule has 3 fully saturated rings. The summed E-state index contributed by atoms with van der Waals surface area (Å²) in [6.45, 7) is 0.875. The van der Waals surface area contributed by atoms with E-state index in [4.69, 9.17) is 9.47 Å². The Labute approximate surface area is 369 Å². The molecule has 10 nitrogen and oxygen atoms in total. The number of aromatic hydroxyl groups is 1. The second-order valence-electron chi connectivity index (χ2n) is 18.9. The van der Waals surface area contributed by atoms with E-state index < -0.39 is 22.7 Å². The van der Waals surface area contributed by atoms with Crippen LogP contribution in [0.1, 0.15) is 74.1 Å². The second kappa shape index (κ2) is 16.8. The summed E-state index contributed by atoms with van der Waals surface area (Å²) in [5.41, 5.74) is 6.18. The van der Waals surface area contributed by atoms with Gasteiger partial charge in [0.2, 0.25) is 0 Å². The number of carbonyl (C=O) groups excluding carboxylic acids is 2. The molecule has 1 saturated carbocycles. The first-order valence-electron chi connectivity index (χ1n) is 23.0. The zero-order valence-corrected chi connectivity index (χ0v) is 36.2. The third-order valence-electron chi connectivity index (χ3n) is 15.8. The van der Waals surface area contributed by atoms with Crippen molar-refractivity contribution in [3.05, 3.63) is 142 Å². The molecule has 2 spiro atoms. The number of nitrogens with one attached hydrogen (secondary N) is 3. The Morgan fingerprint density at radius 3 is 2.57 bits per heavy atom. The van der Waals surface area contributed by atoms with Crippen molar-refractivity contribution in [2.75, 3.05) is 33.9 Å². The van der Waals surface area contributed by atoms with Crippen LogP contribution in [0.15, 0.2) is 125 Å². The highest BCUT2D eigenvalue weighted by Gasteiger charge is 2.73. The topological polar surface area (TPSA) is 149 Å². The number of aliphatic hydroxyl groups is 2. The number of hydrogen-bond acceptors (Lipinski definition) is 10. The van der Waals surface area contributed by atoms with E-state index in [1.165, 1.54) is 0 Å². The van der Waals surface area contributed by atoms with Crippen LogP contribution < -0.4 is 16.0 Å². The summed E-state index contributed by atoms with van der Waals surface area (Å²) in [4.78, 5) is 30.0. The van der Waals surface area contributed by atoms with Gasteiger partial charge in [0.05, 0.1) is 23.2 Å². The number of rotatable bonds is 11. The summed E-state index contributed by atoms with van der Waals surface area (Å²) in [7, 11) is 3.92. The van der Waals surface area contributed by atoms with Crippen LogP contribution in [0.5, 0.6) is 5.75 Å². The van der Waals surface area contributed by atoms with Crippen LogP contribution in [-0.2, 0) is 25.5 Å². The quantitative estimate of drug-likeness (QED) is 0.0851. The van der Waals surface area contributed by atoms with Crippen LogP contribution in [0.25, 0.3) is 16.7 Å². The Hall–Kier alpha value is -5.10. The highest BCUT2D eigenvalue weighted by atomic mass is 16.6. The fraction of sp³-hybridized carbons (Fsp3) is 0.434. The van der Waals surface area contributed by atoms with Crippen molar-refractivity contribution >= 4 is 17.5 Å². The van der Waals surface area contributed by atoms with E-state index in [9.17, 15) is 20.1 Å². The Balaban J connectivity index is 1.20. The summed E-state index contributed by atoms with van der Waals surface area (Å²) in [6.07, 6.45) is 15.1. The lowest BCUT2D eigenvalue weighted by Crippen LogP contribution is -2.58. The number of esters is 2. The minimum Gasteiger partial charge on any atom is -0.508 e. The summed E-state index contributed by atoms with van der Waals surface area (Å²) in [5, 5.41) is 42.8. The van der Waals surface area contributed by atoms with Crippen LogP contribution in [-0.4, -0.2) is 67.3 Å². The summed E-state index contributed by atoms with van der Waals surface area (Å²) in [6, 6.07) is 24.0. The molecule has 2 saturated heterocycles. The minimum absolute atomic E-state index is 0.0107. The third-order valence-corrected chi connectivity index (χ3v) is 15.8. The van der Waals surface area contributed by atoms with Gasteiger partial charge in [-0.05, 0) is 166 Å². The van der Waals surface area contributed by atoms with Gasteiger partial charge in [0, 0.05) is 35.7 Å². The van der Waals surface area contributed by atoms with Crippen LogP contribution in [0.2, 0.25) is 0 Å². The number of cyclic esters (lactones) is 2. The molecular weight excluding hydrogens is 791 g/mol. The Kier molecular flexibility index (Phi) is 11.2. The number of fused-ring (bicyclic) bond motifs is 5. The molecule has 6 bridgehead atoms. The lowest BCUT2D eigenvalue weighted by atomic mass is 9.38. The van der Waals surface area contributed by atoms with Gasteiger partial charge in [0.1, 0.15) is 17.3 Å². The largest absolute Gasteiger partial charge is 0.508 e. The number of allylic oxidation sites excluding steroid dienone is 6. The number of ether oxygens (including phenoxy) is 2. The van der Waals surface area contributed by atoms with E-state index in [1.807, 2.05) is 50.5 Å². The van der Waals surface area contributed by atoms with E-state index in [0.29, 0.717) is 67.1 Å². The second-order valence-corrected chi connectivity index (χ2v) is 18.9. The van der Waals surface area contributed by atoms with Crippen LogP contribution >= 0.6 is 0 Å². The highest BCUT2D eigenvalue weighted by molar-refractivity contribution is 6.08. The summed E-state index contributed by atoms with van der Waals surface area (Å²) < 4.78 is 13.0. The molecule has 5 aliphatic carbocycles. The first kappa shape index (κ1) is 41.9. The average molecular weight is 850 g/mol. The van der Waals surface area contributed by atoms with Crippen molar-refractivity contribution in [2.24, 2.45) is 40.4 Å². The van der Waals surface area contributed by atoms with E-state index in [0.717, 1.165) is 64.8 Å². The molecule has 8 aliphatic rings. The van der Waals surface area contributed by atoms with Crippen molar-refractivity contribution in [1.82, 2.24) is 16.0 Å². The zero-order chi connectivity index (χ0) is 43.5. The van der Waals surface area contributed by atoms with Crippen molar-refractivity contribution in [3.8, 4) is 16.9 Å². The summed E-state index contributed by atoms with van der Waals surface area (Å²) >= 11 is 0. The Morgan fingerprint density at radius 1 is 0.921 bits per heavy atom. The predicted octanol–water partition coefficient (Wildman–Crippen LogP) is 7.41. The van der Waals surface area contributed by atoms with Gasteiger partial charge in [-0.3, -0.25) is 0 Å². The molecule has 0 unspecified atom stereocenters. The molecule has 0 aromatic heterocycles. The van der Waals surface area contributed by atoms with Gasteiger partial charge in [-0.15, -0.1) is 0 Å². The number of hydrogen-bond donors (Lipinski definition) is 6. The standard InChI is InChI=1S/C53H59N3O7/c1-54-42-17-21-52-20-15-39-43(14-11-36(30-58)33-18-23-56-45(28-33)55-2)62-50(60)47(39)49(52)53-22-16-41(52)46(40-29-37(59)12-13-38(40)34-9-6-10-35(42)27-34)48(53)51(61)63-44(53)26-32(19-24-57)25-31-7-4-3-5-8-31/h3-10,12-14,17,21,26-27,29,32-33,36,41-42,45,49,54-59H,11,15-16,18-20,22-25,28,30H2,1-2H3/b21-17+,43-14?,44-26?/t32-,33-,36+,41+,42+,45+,49+,52-,53+/m1/s1. The number of benzene rings is 3. The van der Waals surface area contributed by atoms with Gasteiger partial charge in [0.25, 0.3) is 0 Å². The van der Waals surface area contributed by atoms with Gasteiger partial charge in [0.15, 0.2) is 0 Å². The van der Waals surface area contributed by atoms with Crippen LogP contribution in [0.3, 0.4) is 0 Å². The van der Waals surface area contributed by atoms with E-state index >= 15 is 4.79 Å². The van der Waals surface area contributed by atoms with Gasteiger partial charge < -0.3 is 40.7 Å². The Morgan fingerprint density at radius 2 is 1.78 bits per heavy atom. The smallest absolute Gasteiger partial charge is 0.340 e. The molecule has 9 atom stereocenters. The lowest BCUT2D eigenvalue weighted by molar-refractivity contribution is -0.135. The predicted molar refractivity (Wildman–Crippen MR) is 241 cm³/mol. The molecule has 6 N–H and O–H groups in total. The molecule has 3 aromatic carbocycles. The molecule has 11 rings (SSSR count). The highest BCUT2D eigenvalue weighted by Crippen LogP contribution is 2.77. The number of aliphatic hydroxyl groups excluding tert-OH is 2. The lowest BCUT2D eigenvalue weighted by Gasteiger charge is -2.62. The number of likely N-dealkylation sites (N-methyl/N-ethyl adjacent to an activating group) is 1. The molecular formula is C53H59N3O7. The molecule has 3 aliphatic heterocycles. The number of piperidine rings is 1. The molecule has 0 amide bonds. The fourth-order valence-corrected chi connectivity index (χ4v) is 13.0. The van der Waals surface area contributed by atoms with Gasteiger partial charge in [-0.25, -0.2) is 9.59 Å². The average Bonchev–Trinajstić information content (AvgIpc) is 3.78. The molecule has 3 heterocycles. The molecule has 10 heteroatoms. The maximum atomic E-state index is 15.1. The normalized spacial score (nSPS) is 32.0. The SMILES string of the molecule is CN[C@@H]1C[C@H]([C@H](CO)CC=C2OC(=O)C3=C2CC[C@@]24/C=C/[C@H](NC)c5cccc(c5)-c5ccc(O)cc5C5=C6C(=O)OC(=C[C@H](CCO)Cc7ccccc7)[C@]6(CC[C@@H]52)[C@@H]34)CCN1. The number of phenols is 1. The van der Waals surface area contributed by atoms with E-state index in [-0.39, 0.29) is 54.9 Å². The van der Waals surface area contributed by atoms with E-state index in [2.05, 4.69) is 70.6 Å². The zero-order valence-electron chi connectivity index (χ0n) is 36.2. The van der Waals surface area contributed by atoms with Gasteiger partial charge >= 0.3 is 11.9 Å². The minimum atomic E-state index is -1.04. The maximum absolute atomic E-state index is 15.1. The molecule has 63 heavy (non-hydrogen) atoms. The number of carbonyl (C=O) groups is 2. The molecule has 3 aromatic rings. The monoisotopic (exact) mass is 849 g/mol. The maximum Gasteiger partial charge on any atom is 0.340 e. The van der Waals surface area contributed by atoms with Crippen molar-refractivity contribution in [2.45, 2.75) is 70.0 Å². The van der Waals surface area contributed by atoms with Gasteiger partial charge in [-0.1, -0.05) is 66.7 Å². The summed E-state index contributed by atoms with van der Waals surface area (Å²) in [5.74, 6) is -0.107. The van der Waals surface area contributed by atoms with E-state index in [1.54, 1.807) is 6.07 Å². The van der Waals surface area contributed by atoms with Crippen LogP contribution in [0, 0.1) is 40.4 Å². The fourth-order valence-electron chi connectivity index (χ4n) is 13.0. The van der Waals surface area contributed by atoms with Crippen molar-refractivity contribution in [3.63, 3.8) is 0 Å². The van der Waals surface area contributed by atoms with Crippen molar-refractivity contribution < 1.29 is 34.4 Å². The van der Waals surface area contributed by atoms with Crippen molar-refractivity contribution in [1.29, 1.82) is 0 Å². The Bertz CT molecular complexity index is 2470. The van der Waals surface area contributed by atoms with Crippen LogP contribution in [0.4, 0.5) is 0 Å². The first-order valence-corrected chi connectivity index (χ1v) is 23.0. The first-order chi connectivity index (χ1) is 30.7.